The van der Waals surface area contributed by atoms with Crippen LogP contribution in [0.2, 0.25) is 5.02 Å². The van der Waals surface area contributed by atoms with Gasteiger partial charge in [-0.15, -0.1) is 0 Å². The Balaban J connectivity index is 2.23. The molecule has 2 aromatic rings. The number of nitrogens with two attached hydrogens (primary N) is 1. The van der Waals surface area contributed by atoms with E-state index in [0.29, 0.717) is 23.0 Å². The third kappa shape index (κ3) is 3.04. The summed E-state index contributed by atoms with van der Waals surface area (Å²) in [4.78, 5) is 0. The maximum absolute atomic E-state index is 13.2. The summed E-state index contributed by atoms with van der Waals surface area (Å²) in [5.74, 6) is 0.261. The first-order valence-electron chi connectivity index (χ1n) is 5.25. The van der Waals surface area contributed by atoms with Crippen molar-refractivity contribution < 1.29 is 8.81 Å². The Bertz CT molecular complexity index is 526. The smallest absolute Gasteiger partial charge is 0.141 e. The largest absolute Gasteiger partial charge is 0.466 e. The summed E-state index contributed by atoms with van der Waals surface area (Å²) in [5.41, 5.74) is 6.24. The van der Waals surface area contributed by atoms with Crippen LogP contribution in [0.3, 0.4) is 0 Å². The third-order valence-electron chi connectivity index (χ3n) is 2.40. The van der Waals surface area contributed by atoms with Gasteiger partial charge < -0.3 is 15.5 Å². The molecule has 0 radical (unpaired) electrons. The molecule has 0 aliphatic heterocycles. The fraction of sp³-hybridized carbons (Fsp3) is 0.167. The van der Waals surface area contributed by atoms with Gasteiger partial charge in [0.1, 0.15) is 11.6 Å². The standard InChI is InChI=1S/C12H11BrClFN2O/c13-10-1-2-18-12(10)11(6-16)17-9-4-7(14)3-8(15)5-9/h1-5,11,17H,6,16H2. The lowest BCUT2D eigenvalue weighted by atomic mass is 10.2. The highest BCUT2D eigenvalue weighted by Crippen LogP contribution is 2.28. The molecule has 96 valence electrons. The monoisotopic (exact) mass is 332 g/mol. The molecule has 0 fully saturated rings. The zero-order valence-electron chi connectivity index (χ0n) is 9.29. The zero-order chi connectivity index (χ0) is 13.1. The molecule has 1 aromatic carbocycles. The van der Waals surface area contributed by atoms with E-state index in [2.05, 4.69) is 21.2 Å². The quantitative estimate of drug-likeness (QED) is 0.891. The van der Waals surface area contributed by atoms with Crippen molar-refractivity contribution in [1.82, 2.24) is 0 Å². The van der Waals surface area contributed by atoms with Crippen LogP contribution in [0, 0.1) is 5.82 Å². The molecule has 0 bridgehead atoms. The fourth-order valence-corrected chi connectivity index (χ4v) is 2.32. The molecule has 1 atom stereocenters. The molecular weight excluding hydrogens is 322 g/mol. The van der Waals surface area contributed by atoms with E-state index in [-0.39, 0.29) is 6.04 Å². The molecule has 0 saturated carbocycles. The predicted octanol–water partition coefficient (Wildman–Crippen LogP) is 3.95. The van der Waals surface area contributed by atoms with Crippen LogP contribution in [0.5, 0.6) is 0 Å². The summed E-state index contributed by atoms with van der Waals surface area (Å²) in [6, 6.07) is 5.74. The first-order chi connectivity index (χ1) is 8.60. The van der Waals surface area contributed by atoms with Crippen molar-refractivity contribution in [3.63, 3.8) is 0 Å². The number of hydrogen-bond donors (Lipinski definition) is 2. The van der Waals surface area contributed by atoms with Crippen molar-refractivity contribution >= 4 is 33.2 Å². The van der Waals surface area contributed by atoms with Gasteiger partial charge in [-0.2, -0.15) is 0 Å². The summed E-state index contributed by atoms with van der Waals surface area (Å²) in [6.45, 7) is 0.306. The lowest BCUT2D eigenvalue weighted by Gasteiger charge is -2.16. The predicted molar refractivity (Wildman–Crippen MR) is 73.2 cm³/mol. The molecule has 1 heterocycles. The number of anilines is 1. The molecule has 3 N–H and O–H groups in total. The normalized spacial score (nSPS) is 12.4. The maximum atomic E-state index is 13.2. The molecule has 3 nitrogen and oxygen atoms in total. The lowest BCUT2D eigenvalue weighted by molar-refractivity contribution is 0.479. The van der Waals surface area contributed by atoms with Crippen LogP contribution in [0.1, 0.15) is 11.8 Å². The number of benzene rings is 1. The van der Waals surface area contributed by atoms with Gasteiger partial charge in [-0.1, -0.05) is 11.6 Å². The van der Waals surface area contributed by atoms with E-state index in [1.54, 1.807) is 18.4 Å². The summed E-state index contributed by atoms with van der Waals surface area (Å²) in [5, 5.41) is 3.41. The minimum atomic E-state index is -0.403. The van der Waals surface area contributed by atoms with E-state index in [9.17, 15) is 4.39 Å². The Labute approximate surface area is 117 Å². The highest BCUT2D eigenvalue weighted by Gasteiger charge is 2.16. The number of halogens is 3. The second-order valence-corrected chi connectivity index (χ2v) is 5.01. The molecule has 1 unspecified atom stereocenters. The number of nitrogens with one attached hydrogen (secondary N) is 1. The third-order valence-corrected chi connectivity index (χ3v) is 3.27. The summed E-state index contributed by atoms with van der Waals surface area (Å²) < 4.78 is 19.4. The van der Waals surface area contributed by atoms with E-state index in [4.69, 9.17) is 21.8 Å². The molecule has 0 saturated heterocycles. The van der Waals surface area contributed by atoms with Crippen LogP contribution in [0.15, 0.2) is 39.4 Å². The molecule has 0 amide bonds. The average Bonchev–Trinajstić information content (AvgIpc) is 2.71. The van der Waals surface area contributed by atoms with Crippen LogP contribution < -0.4 is 11.1 Å². The molecule has 1 aromatic heterocycles. The van der Waals surface area contributed by atoms with Crippen LogP contribution >= 0.6 is 27.5 Å². The molecule has 0 aliphatic rings. The highest BCUT2D eigenvalue weighted by molar-refractivity contribution is 9.10. The van der Waals surface area contributed by atoms with E-state index < -0.39 is 5.82 Å². The van der Waals surface area contributed by atoms with Gasteiger partial charge in [0.25, 0.3) is 0 Å². The Morgan fingerprint density at radius 1 is 1.44 bits per heavy atom. The first-order valence-corrected chi connectivity index (χ1v) is 6.43. The minimum absolute atomic E-state index is 0.257. The van der Waals surface area contributed by atoms with E-state index >= 15 is 0 Å². The molecule has 0 spiro atoms. The van der Waals surface area contributed by atoms with Crippen molar-refractivity contribution in [1.29, 1.82) is 0 Å². The molecule has 18 heavy (non-hydrogen) atoms. The average molecular weight is 334 g/mol. The van der Waals surface area contributed by atoms with Gasteiger partial charge >= 0.3 is 0 Å². The van der Waals surface area contributed by atoms with Gasteiger partial charge in [0, 0.05) is 17.3 Å². The van der Waals surface area contributed by atoms with Crippen LogP contribution in [0.25, 0.3) is 0 Å². The molecule has 0 aliphatic carbocycles. The maximum Gasteiger partial charge on any atom is 0.141 e. The van der Waals surface area contributed by atoms with Gasteiger partial charge in [-0.25, -0.2) is 4.39 Å². The van der Waals surface area contributed by atoms with Crippen molar-refractivity contribution in [3.05, 3.63) is 51.6 Å². The molecule has 6 heteroatoms. The van der Waals surface area contributed by atoms with Gasteiger partial charge in [0.2, 0.25) is 0 Å². The second kappa shape index (κ2) is 5.73. The topological polar surface area (TPSA) is 51.2 Å². The van der Waals surface area contributed by atoms with Gasteiger partial charge in [0.05, 0.1) is 16.8 Å². The van der Waals surface area contributed by atoms with Crippen LogP contribution in [-0.4, -0.2) is 6.54 Å². The number of furan rings is 1. The lowest BCUT2D eigenvalue weighted by Crippen LogP contribution is -2.20. The Morgan fingerprint density at radius 2 is 2.22 bits per heavy atom. The van der Waals surface area contributed by atoms with Crippen molar-refractivity contribution in [2.45, 2.75) is 6.04 Å². The summed E-state index contributed by atoms with van der Waals surface area (Å²) in [6.07, 6.45) is 1.56. The second-order valence-electron chi connectivity index (χ2n) is 3.72. The van der Waals surface area contributed by atoms with Gasteiger partial charge in [0.15, 0.2) is 0 Å². The molecule has 2 rings (SSSR count). The van der Waals surface area contributed by atoms with E-state index in [0.717, 1.165) is 4.47 Å². The summed E-state index contributed by atoms with van der Waals surface area (Å²) in [7, 11) is 0. The Hall–Kier alpha value is -1.04. The Morgan fingerprint density at radius 3 is 2.78 bits per heavy atom. The summed E-state index contributed by atoms with van der Waals surface area (Å²) >= 11 is 9.15. The highest BCUT2D eigenvalue weighted by atomic mass is 79.9. The van der Waals surface area contributed by atoms with Crippen LogP contribution in [-0.2, 0) is 0 Å². The fourth-order valence-electron chi connectivity index (χ4n) is 1.62. The molecular formula is C12H11BrClFN2O. The zero-order valence-corrected chi connectivity index (χ0v) is 11.6. The number of rotatable bonds is 4. The number of hydrogen-bond acceptors (Lipinski definition) is 3. The van der Waals surface area contributed by atoms with E-state index in [1.807, 2.05) is 0 Å². The van der Waals surface area contributed by atoms with Crippen molar-refractivity contribution in [2.24, 2.45) is 5.73 Å². The van der Waals surface area contributed by atoms with Crippen LogP contribution in [0.4, 0.5) is 10.1 Å². The van der Waals surface area contributed by atoms with Gasteiger partial charge in [-0.3, -0.25) is 0 Å². The van der Waals surface area contributed by atoms with Crippen molar-refractivity contribution in [2.75, 3.05) is 11.9 Å². The van der Waals surface area contributed by atoms with E-state index in [1.165, 1.54) is 12.1 Å². The SMILES string of the molecule is NCC(Nc1cc(F)cc(Cl)c1)c1occc1Br. The van der Waals surface area contributed by atoms with Crippen molar-refractivity contribution in [3.8, 4) is 0 Å². The minimum Gasteiger partial charge on any atom is -0.466 e. The Kier molecular flexibility index (Phi) is 4.27. The first kappa shape index (κ1) is 13.4. The van der Waals surface area contributed by atoms with Gasteiger partial charge in [-0.05, 0) is 40.2 Å².